The van der Waals surface area contributed by atoms with Gasteiger partial charge in [-0.2, -0.15) is 0 Å². The van der Waals surface area contributed by atoms with Crippen molar-refractivity contribution in [2.75, 3.05) is 32.8 Å². The molecule has 4 aromatic carbocycles. The van der Waals surface area contributed by atoms with Crippen molar-refractivity contribution < 1.29 is 39.1 Å². The van der Waals surface area contributed by atoms with Crippen LogP contribution in [0.3, 0.4) is 0 Å². The van der Waals surface area contributed by atoms with Crippen LogP contribution in [-0.2, 0) is 27.4 Å². The zero-order valence-electron chi connectivity index (χ0n) is 39.1. The van der Waals surface area contributed by atoms with Crippen molar-refractivity contribution in [3.05, 3.63) is 83.9 Å². The van der Waals surface area contributed by atoms with Crippen molar-refractivity contribution in [1.82, 2.24) is 9.80 Å². The molecule has 0 amide bonds. The van der Waals surface area contributed by atoms with Crippen molar-refractivity contribution >= 4 is 33.5 Å². The Labute approximate surface area is 381 Å². The first-order valence-electron chi connectivity index (χ1n) is 24.3. The van der Waals surface area contributed by atoms with Crippen LogP contribution in [0.15, 0.2) is 72.8 Å². The number of esters is 1. The summed E-state index contributed by atoms with van der Waals surface area (Å²) >= 11 is 0. The van der Waals surface area contributed by atoms with E-state index < -0.39 is 17.2 Å². The highest BCUT2D eigenvalue weighted by molar-refractivity contribution is 5.85. The molecule has 3 N–H and O–H groups in total. The van der Waals surface area contributed by atoms with Crippen LogP contribution in [0.2, 0.25) is 0 Å². The number of nitrogens with zero attached hydrogens (tertiary/aromatic N) is 2. The number of likely N-dealkylation sites (tertiary alicyclic amines) is 2. The van der Waals surface area contributed by atoms with Gasteiger partial charge in [0.05, 0.1) is 41.9 Å². The maximum Gasteiger partial charge on any atom is 0.309 e. The maximum atomic E-state index is 12.0. The minimum absolute atomic E-state index is 0.0360. The van der Waals surface area contributed by atoms with E-state index in [9.17, 15) is 19.8 Å². The summed E-state index contributed by atoms with van der Waals surface area (Å²) < 4.78 is 17.7. The third kappa shape index (κ3) is 13.2. The van der Waals surface area contributed by atoms with Crippen LogP contribution in [0.1, 0.15) is 123 Å². The van der Waals surface area contributed by atoms with Gasteiger partial charge in [-0.25, -0.2) is 0 Å². The second-order valence-electron chi connectivity index (χ2n) is 20.4. The van der Waals surface area contributed by atoms with Gasteiger partial charge in [0, 0.05) is 13.1 Å². The second-order valence-corrected chi connectivity index (χ2v) is 20.4. The quantitative estimate of drug-likeness (QED) is 0.112. The number of carboxylic acids is 1. The number of aliphatic carboxylic acids is 1. The normalized spacial score (nSPS) is 23.3. The van der Waals surface area contributed by atoms with Crippen molar-refractivity contribution in [3.8, 4) is 11.5 Å². The van der Waals surface area contributed by atoms with Crippen LogP contribution in [-0.4, -0.2) is 93.3 Å². The second kappa shape index (κ2) is 21.4. The highest BCUT2D eigenvalue weighted by Gasteiger charge is 2.33. The highest BCUT2D eigenvalue weighted by atomic mass is 16.5. The third-order valence-corrected chi connectivity index (χ3v) is 14.7. The molecule has 0 aromatic heterocycles. The number of benzene rings is 4. The van der Waals surface area contributed by atoms with E-state index in [1.807, 2.05) is 34.6 Å². The average molecular weight is 879 g/mol. The highest BCUT2D eigenvalue weighted by Crippen LogP contribution is 2.36. The molecule has 4 aliphatic rings. The number of carboxylic acid groups (broad SMARTS) is 1. The summed E-state index contributed by atoms with van der Waals surface area (Å²) in [5.41, 5.74) is 1.37. The van der Waals surface area contributed by atoms with Crippen LogP contribution in [0, 0.1) is 23.7 Å². The summed E-state index contributed by atoms with van der Waals surface area (Å²) in [5, 5.41) is 34.5. The van der Waals surface area contributed by atoms with Crippen molar-refractivity contribution in [2.24, 2.45) is 23.7 Å². The van der Waals surface area contributed by atoms with Gasteiger partial charge in [-0.15, -0.1) is 0 Å². The Morgan fingerprint density at radius 3 is 1.30 bits per heavy atom. The molecule has 0 radical (unpaired) electrons. The topological polar surface area (TPSA) is 129 Å². The summed E-state index contributed by atoms with van der Waals surface area (Å²) in [6, 6.07) is 25.9. The van der Waals surface area contributed by atoms with Crippen LogP contribution in [0.25, 0.3) is 21.5 Å². The smallest absolute Gasteiger partial charge is 0.309 e. The van der Waals surface area contributed by atoms with E-state index in [-0.39, 0.29) is 30.0 Å². The standard InChI is InChI=1S/C28H39NO4.C26H35NO4/c1-4-32-27(30)21-13-15-29(16-14-21)19-20-5-6-23-18-26(10-7-22(23)17-20)33-25-11-8-24(9-12-25)28(2,3)31;1-26(2,30)22-6-9-23(10-7-22)31-24-8-5-20-15-18(3-4-21(20)16-24)17-27-13-11-19(12-14-27)25(28)29/h5-7,10,17-18,21,24-25,31H,4,8-9,11-16,19H2,1-3H3;3-5,8,15-16,19,22-23,30H,6-7,9-14,17H2,1-2H3,(H,28,29). The number of carbonyl (C=O) groups is 2. The summed E-state index contributed by atoms with van der Waals surface area (Å²) in [6.45, 7) is 15.3. The maximum absolute atomic E-state index is 12.0. The lowest BCUT2D eigenvalue weighted by Crippen LogP contribution is -2.36. The SMILES string of the molecule is CC(C)(O)C1CCC(Oc2ccc3cc(CN4CCC(C(=O)O)CC4)ccc3c2)CC1.CCOC(=O)C1CCN(Cc2ccc3cc(OC4CCC(C(C)(C)O)CC4)ccc3c2)CC1. The Kier molecular flexibility index (Phi) is 16.0. The first-order valence-corrected chi connectivity index (χ1v) is 24.3. The lowest BCUT2D eigenvalue weighted by Gasteiger charge is -2.35. The minimum atomic E-state index is -0.659. The van der Waals surface area contributed by atoms with Gasteiger partial charge in [0.2, 0.25) is 0 Å². The van der Waals surface area contributed by atoms with Gasteiger partial charge in [-0.05, 0) is 219 Å². The van der Waals surface area contributed by atoms with Gasteiger partial charge >= 0.3 is 11.9 Å². The van der Waals surface area contributed by atoms with E-state index in [1.165, 1.54) is 32.7 Å². The van der Waals surface area contributed by atoms with E-state index in [0.717, 1.165) is 128 Å². The molecule has 0 atom stereocenters. The molecule has 4 fully saturated rings. The molecule has 0 spiro atoms. The number of rotatable bonds is 13. The molecule has 2 aliphatic heterocycles. The number of carbonyl (C=O) groups excluding carboxylic acids is 1. The lowest BCUT2D eigenvalue weighted by atomic mass is 9.78. The van der Waals surface area contributed by atoms with Crippen molar-refractivity contribution in [2.45, 2.75) is 148 Å². The average Bonchev–Trinajstić information content (AvgIpc) is 3.27. The minimum Gasteiger partial charge on any atom is -0.490 e. The van der Waals surface area contributed by atoms with Crippen molar-refractivity contribution in [1.29, 1.82) is 0 Å². The predicted octanol–water partition coefficient (Wildman–Crippen LogP) is 10.2. The molecule has 10 heteroatoms. The molecule has 10 nitrogen and oxygen atoms in total. The number of hydrogen-bond acceptors (Lipinski definition) is 9. The largest absolute Gasteiger partial charge is 0.490 e. The molecule has 64 heavy (non-hydrogen) atoms. The molecule has 348 valence electrons. The fraction of sp³-hybridized carbons (Fsp3) is 0.593. The van der Waals surface area contributed by atoms with E-state index in [1.54, 1.807) is 0 Å². The van der Waals surface area contributed by atoms with Crippen LogP contribution >= 0.6 is 0 Å². The Morgan fingerprint density at radius 2 is 0.922 bits per heavy atom. The molecule has 2 aliphatic carbocycles. The van der Waals surface area contributed by atoms with E-state index in [0.29, 0.717) is 18.4 Å². The number of aliphatic hydroxyl groups is 2. The van der Waals surface area contributed by atoms with Crippen LogP contribution in [0.4, 0.5) is 0 Å². The predicted molar refractivity (Wildman–Crippen MR) is 254 cm³/mol. The number of ether oxygens (including phenoxy) is 3. The summed E-state index contributed by atoms with van der Waals surface area (Å²) in [7, 11) is 0. The van der Waals surface area contributed by atoms with Gasteiger partial charge in [-0.1, -0.05) is 36.4 Å². The summed E-state index contributed by atoms with van der Waals surface area (Å²) in [4.78, 5) is 27.9. The fourth-order valence-electron chi connectivity index (χ4n) is 10.5. The zero-order chi connectivity index (χ0) is 45.4. The zero-order valence-corrected chi connectivity index (χ0v) is 39.1. The summed E-state index contributed by atoms with van der Waals surface area (Å²) in [5.74, 6) is 1.75. The van der Waals surface area contributed by atoms with E-state index in [2.05, 4.69) is 82.6 Å². The van der Waals surface area contributed by atoms with Crippen LogP contribution < -0.4 is 9.47 Å². The monoisotopic (exact) mass is 879 g/mol. The third-order valence-electron chi connectivity index (χ3n) is 14.7. The Bertz CT molecular complexity index is 2140. The van der Waals surface area contributed by atoms with Gasteiger partial charge < -0.3 is 29.5 Å². The first kappa shape index (κ1) is 47.7. The Morgan fingerprint density at radius 1 is 0.547 bits per heavy atom. The molecule has 2 saturated carbocycles. The van der Waals surface area contributed by atoms with Gasteiger partial charge in [0.15, 0.2) is 0 Å². The van der Waals surface area contributed by atoms with Gasteiger partial charge in [0.1, 0.15) is 11.5 Å². The number of piperidine rings is 2. The fourth-order valence-corrected chi connectivity index (χ4v) is 10.5. The summed E-state index contributed by atoms with van der Waals surface area (Å²) in [6.07, 6.45) is 11.7. The first-order chi connectivity index (χ1) is 30.6. The molecule has 4 aromatic rings. The number of fused-ring (bicyclic) bond motifs is 2. The van der Waals surface area contributed by atoms with Gasteiger partial charge in [0.25, 0.3) is 0 Å². The van der Waals surface area contributed by atoms with E-state index in [4.69, 9.17) is 19.3 Å². The molecule has 8 rings (SSSR count). The number of hydrogen-bond donors (Lipinski definition) is 3. The molecule has 2 saturated heterocycles. The molecule has 0 unspecified atom stereocenters. The Balaban J connectivity index is 0.000000192. The van der Waals surface area contributed by atoms with Crippen LogP contribution in [0.5, 0.6) is 11.5 Å². The Hall–Kier alpha value is -4.22. The molecular formula is C54H74N2O8. The lowest BCUT2D eigenvalue weighted by molar-refractivity contribution is -0.149. The molecule has 0 bridgehead atoms. The molecule has 2 heterocycles. The van der Waals surface area contributed by atoms with Crippen molar-refractivity contribution in [3.63, 3.8) is 0 Å². The van der Waals surface area contributed by atoms with Gasteiger partial charge in [-0.3, -0.25) is 19.4 Å². The molecular weight excluding hydrogens is 805 g/mol. The van der Waals surface area contributed by atoms with E-state index >= 15 is 0 Å².